The smallest absolute Gasteiger partial charge is 0.338 e. The van der Waals surface area contributed by atoms with E-state index in [0.29, 0.717) is 30.4 Å². The molecule has 0 unspecified atom stereocenters. The Morgan fingerprint density at radius 1 is 1.05 bits per heavy atom. The Kier molecular flexibility index (Phi) is 13.9. The number of carbonyl (C=O) groups excluding carboxylic acids is 4. The SMILES string of the molecule is CCCCC/C=C\C[C@]1(OC(C)=O)CC[C@H](OC(=O)c2ccccc2)/C1=C/C=C/[C@@H](CCC(=O)OC)OC(C)=O. The summed E-state index contributed by atoms with van der Waals surface area (Å²) in [4.78, 5) is 48.4. The van der Waals surface area contributed by atoms with Crippen LogP contribution < -0.4 is 0 Å². The maximum atomic E-state index is 12.9. The van der Waals surface area contributed by atoms with Gasteiger partial charge in [-0.2, -0.15) is 0 Å². The van der Waals surface area contributed by atoms with Crippen LogP contribution >= 0.6 is 0 Å². The molecule has 0 aromatic heterocycles. The maximum absolute atomic E-state index is 12.9. The van der Waals surface area contributed by atoms with Crippen molar-refractivity contribution in [3.8, 4) is 0 Å². The fraction of sp³-hybridized carbons (Fsp3) is 0.500. The molecule has 3 atom stereocenters. The molecule has 1 aromatic rings. The van der Waals surface area contributed by atoms with E-state index in [-0.39, 0.29) is 12.8 Å². The Morgan fingerprint density at radius 3 is 2.45 bits per heavy atom. The van der Waals surface area contributed by atoms with Crippen molar-refractivity contribution in [3.05, 3.63) is 71.8 Å². The van der Waals surface area contributed by atoms with Gasteiger partial charge in [-0.1, -0.05) is 62.3 Å². The maximum Gasteiger partial charge on any atom is 0.338 e. The number of benzene rings is 1. The monoisotopic (exact) mass is 554 g/mol. The highest BCUT2D eigenvalue weighted by molar-refractivity contribution is 5.89. The van der Waals surface area contributed by atoms with Gasteiger partial charge in [0.25, 0.3) is 0 Å². The third-order valence-electron chi connectivity index (χ3n) is 6.65. The van der Waals surface area contributed by atoms with Gasteiger partial charge in [-0.15, -0.1) is 0 Å². The first kappa shape index (κ1) is 32.5. The molecule has 8 heteroatoms. The van der Waals surface area contributed by atoms with E-state index in [1.54, 1.807) is 42.5 Å². The average molecular weight is 555 g/mol. The summed E-state index contributed by atoms with van der Waals surface area (Å²) < 4.78 is 21.9. The van der Waals surface area contributed by atoms with E-state index in [1.807, 2.05) is 12.1 Å². The van der Waals surface area contributed by atoms with Gasteiger partial charge in [0.1, 0.15) is 17.8 Å². The molecule has 1 aliphatic rings. The molecule has 1 aromatic carbocycles. The summed E-state index contributed by atoms with van der Waals surface area (Å²) in [5.41, 5.74) is 0.0917. The summed E-state index contributed by atoms with van der Waals surface area (Å²) in [6.45, 7) is 4.82. The van der Waals surface area contributed by atoms with Gasteiger partial charge in [-0.05, 0) is 50.3 Å². The third kappa shape index (κ3) is 10.8. The lowest BCUT2D eigenvalue weighted by Crippen LogP contribution is -2.35. The second kappa shape index (κ2) is 17.1. The number of methoxy groups -OCH3 is 1. The van der Waals surface area contributed by atoms with E-state index in [4.69, 9.17) is 18.9 Å². The molecule has 1 aliphatic carbocycles. The normalized spacial score (nSPS) is 20.5. The molecular weight excluding hydrogens is 512 g/mol. The van der Waals surface area contributed by atoms with E-state index < -0.39 is 41.7 Å². The number of rotatable bonds is 15. The lowest BCUT2D eigenvalue weighted by molar-refractivity contribution is -0.152. The van der Waals surface area contributed by atoms with Gasteiger partial charge < -0.3 is 18.9 Å². The topological polar surface area (TPSA) is 105 Å². The van der Waals surface area contributed by atoms with Crippen molar-refractivity contribution in [1.29, 1.82) is 0 Å². The second-order valence-corrected chi connectivity index (χ2v) is 9.83. The lowest BCUT2D eigenvalue weighted by Gasteiger charge is -2.30. The zero-order valence-electron chi connectivity index (χ0n) is 24.1. The largest absolute Gasteiger partial charge is 0.469 e. The first-order valence-electron chi connectivity index (χ1n) is 13.9. The Bertz CT molecular complexity index is 1070. The standard InChI is InChI=1S/C32H42O8/c1-5-6-7-8-9-13-22-32(40-25(3)34)23-21-29(39-31(36)26-15-11-10-12-16-26)28(32)18-14-17-27(38-24(2)33)19-20-30(35)37-4/h9-18,27,29H,5-8,19-23H2,1-4H3/b13-9-,17-14+,28-18-/t27-,29-,32-/m0/s1. The second-order valence-electron chi connectivity index (χ2n) is 9.83. The minimum Gasteiger partial charge on any atom is -0.469 e. The predicted molar refractivity (Wildman–Crippen MR) is 151 cm³/mol. The van der Waals surface area contributed by atoms with Gasteiger partial charge in [-0.25, -0.2) is 4.79 Å². The van der Waals surface area contributed by atoms with Crippen LogP contribution in [0.3, 0.4) is 0 Å². The van der Waals surface area contributed by atoms with Crippen molar-refractivity contribution in [2.45, 2.75) is 96.4 Å². The summed E-state index contributed by atoms with van der Waals surface area (Å²) >= 11 is 0. The van der Waals surface area contributed by atoms with Gasteiger partial charge >= 0.3 is 23.9 Å². The van der Waals surface area contributed by atoms with Crippen LogP contribution in [-0.2, 0) is 33.3 Å². The highest BCUT2D eigenvalue weighted by Crippen LogP contribution is 2.43. The Balaban J connectivity index is 2.38. The zero-order chi connectivity index (χ0) is 29.4. The van der Waals surface area contributed by atoms with Gasteiger partial charge in [0, 0.05) is 32.3 Å². The molecule has 218 valence electrons. The molecule has 0 spiro atoms. The minimum atomic E-state index is -0.984. The first-order valence-corrected chi connectivity index (χ1v) is 13.9. The van der Waals surface area contributed by atoms with Crippen molar-refractivity contribution in [1.82, 2.24) is 0 Å². The van der Waals surface area contributed by atoms with Crippen LogP contribution in [0.2, 0.25) is 0 Å². The number of carbonyl (C=O) groups is 4. The molecule has 0 N–H and O–H groups in total. The molecule has 0 radical (unpaired) electrons. The average Bonchev–Trinajstić information content (AvgIpc) is 3.24. The van der Waals surface area contributed by atoms with Crippen LogP contribution in [0.5, 0.6) is 0 Å². The number of hydrogen-bond donors (Lipinski definition) is 0. The van der Waals surface area contributed by atoms with E-state index in [0.717, 1.165) is 25.7 Å². The molecule has 8 nitrogen and oxygen atoms in total. The van der Waals surface area contributed by atoms with Gasteiger partial charge in [0.05, 0.1) is 12.7 Å². The van der Waals surface area contributed by atoms with E-state index >= 15 is 0 Å². The van der Waals surface area contributed by atoms with E-state index in [2.05, 4.69) is 13.0 Å². The number of esters is 4. The predicted octanol–water partition coefficient (Wildman–Crippen LogP) is 6.20. The first-order chi connectivity index (χ1) is 19.2. The molecule has 1 saturated carbocycles. The van der Waals surface area contributed by atoms with Crippen LogP contribution in [0.4, 0.5) is 0 Å². The van der Waals surface area contributed by atoms with Gasteiger partial charge in [0.2, 0.25) is 0 Å². The number of hydrogen-bond acceptors (Lipinski definition) is 8. The Hall–Kier alpha value is -3.68. The molecule has 0 bridgehead atoms. The highest BCUT2D eigenvalue weighted by atomic mass is 16.6. The van der Waals surface area contributed by atoms with E-state index in [1.165, 1.54) is 21.0 Å². The zero-order valence-corrected chi connectivity index (χ0v) is 24.1. The van der Waals surface area contributed by atoms with E-state index in [9.17, 15) is 19.2 Å². The van der Waals surface area contributed by atoms with Gasteiger partial charge in [-0.3, -0.25) is 14.4 Å². The molecule has 1 fully saturated rings. The van der Waals surface area contributed by atoms with Crippen molar-refractivity contribution < 1.29 is 38.1 Å². The van der Waals surface area contributed by atoms with Gasteiger partial charge in [0.15, 0.2) is 0 Å². The Labute approximate surface area is 237 Å². The quantitative estimate of drug-likeness (QED) is 0.109. The molecule has 2 rings (SSSR count). The van der Waals surface area contributed by atoms with Crippen molar-refractivity contribution >= 4 is 23.9 Å². The Morgan fingerprint density at radius 2 is 1.80 bits per heavy atom. The summed E-state index contributed by atoms with van der Waals surface area (Å²) in [6.07, 6.45) is 14.0. The van der Waals surface area contributed by atoms with Crippen molar-refractivity contribution in [2.24, 2.45) is 0 Å². The van der Waals surface area contributed by atoms with Crippen LogP contribution in [0.25, 0.3) is 0 Å². The molecule has 0 aliphatic heterocycles. The molecule has 0 amide bonds. The number of ether oxygens (including phenoxy) is 4. The fourth-order valence-electron chi connectivity index (χ4n) is 4.71. The molecule has 40 heavy (non-hydrogen) atoms. The van der Waals surface area contributed by atoms with Crippen LogP contribution in [0, 0.1) is 0 Å². The van der Waals surface area contributed by atoms with Crippen molar-refractivity contribution in [2.75, 3.05) is 7.11 Å². The summed E-state index contributed by atoms with van der Waals surface area (Å²) in [5.74, 6) is -1.79. The number of unbranched alkanes of at least 4 members (excludes halogenated alkanes) is 3. The third-order valence-corrected chi connectivity index (χ3v) is 6.65. The summed E-state index contributed by atoms with van der Waals surface area (Å²) in [6, 6.07) is 8.72. The van der Waals surface area contributed by atoms with Crippen LogP contribution in [0.15, 0.2) is 66.3 Å². The molecule has 0 saturated heterocycles. The highest BCUT2D eigenvalue weighted by Gasteiger charge is 2.47. The lowest BCUT2D eigenvalue weighted by atomic mass is 9.90. The summed E-state index contributed by atoms with van der Waals surface area (Å²) in [7, 11) is 1.30. The van der Waals surface area contributed by atoms with Crippen LogP contribution in [-0.4, -0.2) is 48.8 Å². The minimum absolute atomic E-state index is 0.0763. The number of allylic oxidation sites excluding steroid dienone is 3. The van der Waals surface area contributed by atoms with Crippen molar-refractivity contribution in [3.63, 3.8) is 0 Å². The summed E-state index contributed by atoms with van der Waals surface area (Å²) in [5, 5.41) is 0. The van der Waals surface area contributed by atoms with Crippen LogP contribution in [0.1, 0.15) is 88.9 Å². The molecule has 0 heterocycles. The fourth-order valence-corrected chi connectivity index (χ4v) is 4.71. The molecular formula is C32H42O8.